The third-order valence-corrected chi connectivity index (χ3v) is 9.96. The Bertz CT molecular complexity index is 1560. The van der Waals surface area contributed by atoms with E-state index in [1.54, 1.807) is 24.3 Å². The Morgan fingerprint density at radius 2 is 1.67 bits per heavy atom. The first-order chi connectivity index (χ1) is 18.5. The normalized spacial score (nSPS) is 14.5. The van der Waals surface area contributed by atoms with Crippen molar-refractivity contribution in [2.45, 2.75) is 16.7 Å². The number of aryl methyl sites for hydroxylation is 1. The number of nitrogens with zero attached hydrogens (tertiary/aromatic N) is 2. The van der Waals surface area contributed by atoms with E-state index in [1.165, 1.54) is 53.9 Å². The van der Waals surface area contributed by atoms with Gasteiger partial charge in [-0.25, -0.2) is 16.8 Å². The summed E-state index contributed by atoms with van der Waals surface area (Å²) in [6.45, 7) is 2.21. The minimum Gasteiger partial charge on any atom is -0.495 e. The highest BCUT2D eigenvalue weighted by molar-refractivity contribution is 7.92. The SMILES string of the molecule is COc1ccc(S(=O)(=O)N2CCOCC2)cc1NC(=O)CN(c1cccc(Cl)c1)S(=O)(=O)c1ccc(C)cc1. The summed E-state index contributed by atoms with van der Waals surface area (Å²) in [4.78, 5) is 13.2. The van der Waals surface area contributed by atoms with Crippen molar-refractivity contribution >= 4 is 48.9 Å². The maximum Gasteiger partial charge on any atom is 0.264 e. The minimum absolute atomic E-state index is 0.00272. The molecule has 1 amide bonds. The van der Waals surface area contributed by atoms with Gasteiger partial charge in [-0.15, -0.1) is 0 Å². The lowest BCUT2D eigenvalue weighted by atomic mass is 10.2. The first-order valence-corrected chi connectivity index (χ1v) is 15.2. The van der Waals surface area contributed by atoms with E-state index in [0.29, 0.717) is 5.02 Å². The molecule has 0 saturated carbocycles. The van der Waals surface area contributed by atoms with Crippen molar-refractivity contribution in [3.8, 4) is 5.75 Å². The number of carbonyl (C=O) groups is 1. The highest BCUT2D eigenvalue weighted by atomic mass is 35.5. The van der Waals surface area contributed by atoms with Crippen LogP contribution in [-0.2, 0) is 29.6 Å². The van der Waals surface area contributed by atoms with E-state index in [2.05, 4.69) is 5.32 Å². The lowest BCUT2D eigenvalue weighted by Gasteiger charge is -2.26. The molecule has 10 nitrogen and oxygen atoms in total. The van der Waals surface area contributed by atoms with Crippen molar-refractivity contribution < 1.29 is 31.1 Å². The molecule has 1 aliphatic rings. The number of hydrogen-bond acceptors (Lipinski definition) is 7. The van der Waals surface area contributed by atoms with Crippen LogP contribution in [0.2, 0.25) is 5.02 Å². The molecule has 4 rings (SSSR count). The summed E-state index contributed by atoms with van der Waals surface area (Å²) in [7, 11) is -6.65. The van der Waals surface area contributed by atoms with Gasteiger partial charge in [0.2, 0.25) is 15.9 Å². The van der Waals surface area contributed by atoms with Crippen molar-refractivity contribution in [3.05, 3.63) is 77.3 Å². The van der Waals surface area contributed by atoms with Gasteiger partial charge in [-0.1, -0.05) is 35.4 Å². The second kappa shape index (κ2) is 11.9. The van der Waals surface area contributed by atoms with Crippen LogP contribution in [-0.4, -0.2) is 67.0 Å². The molecule has 0 aromatic heterocycles. The number of morpholine rings is 1. The summed E-state index contributed by atoms with van der Waals surface area (Å²) >= 11 is 6.13. The molecule has 0 bridgehead atoms. The van der Waals surface area contributed by atoms with Gasteiger partial charge in [0, 0.05) is 18.1 Å². The summed E-state index contributed by atoms with van der Waals surface area (Å²) in [6, 6.07) is 16.5. The molecule has 39 heavy (non-hydrogen) atoms. The van der Waals surface area contributed by atoms with Gasteiger partial charge in [0.15, 0.2) is 0 Å². The van der Waals surface area contributed by atoms with Crippen molar-refractivity contribution in [1.82, 2.24) is 4.31 Å². The molecule has 208 valence electrons. The summed E-state index contributed by atoms with van der Waals surface area (Å²) in [5.41, 5.74) is 1.14. The smallest absolute Gasteiger partial charge is 0.264 e. The minimum atomic E-state index is -4.17. The Labute approximate surface area is 233 Å². The molecular formula is C26H28ClN3O7S2. The average Bonchev–Trinajstić information content (AvgIpc) is 2.92. The highest BCUT2D eigenvalue weighted by Crippen LogP contribution is 2.30. The molecule has 13 heteroatoms. The number of anilines is 2. The van der Waals surface area contributed by atoms with Gasteiger partial charge in [0.25, 0.3) is 10.0 Å². The third-order valence-electron chi connectivity index (χ3n) is 6.05. The number of ether oxygens (including phenoxy) is 2. The number of methoxy groups -OCH3 is 1. The van der Waals surface area contributed by atoms with Crippen molar-refractivity contribution in [2.24, 2.45) is 0 Å². The van der Waals surface area contributed by atoms with Gasteiger partial charge >= 0.3 is 0 Å². The predicted molar refractivity (Wildman–Crippen MR) is 148 cm³/mol. The second-order valence-electron chi connectivity index (χ2n) is 8.73. The molecule has 3 aromatic rings. The van der Waals surface area contributed by atoms with E-state index in [-0.39, 0.29) is 53.2 Å². The average molecular weight is 594 g/mol. The lowest BCUT2D eigenvalue weighted by Crippen LogP contribution is -2.40. The Hall–Kier alpha value is -3.16. The molecule has 1 saturated heterocycles. The number of hydrogen-bond donors (Lipinski definition) is 1. The molecule has 0 atom stereocenters. The fourth-order valence-corrected chi connectivity index (χ4v) is 7.02. The summed E-state index contributed by atoms with van der Waals surface area (Å²) < 4.78 is 66.3. The standard InChI is InChI=1S/C26H28ClN3O7S2/c1-19-6-8-22(9-7-19)39(34,35)30(21-5-3-4-20(27)16-21)18-26(31)28-24-17-23(10-11-25(24)36-2)38(32,33)29-12-14-37-15-13-29/h3-11,16-17H,12-15,18H2,1-2H3,(H,28,31). The topological polar surface area (TPSA) is 122 Å². The Morgan fingerprint density at radius 1 is 1.00 bits per heavy atom. The van der Waals surface area contributed by atoms with Gasteiger partial charge in [0.05, 0.1) is 41.5 Å². The van der Waals surface area contributed by atoms with Crippen molar-refractivity contribution in [3.63, 3.8) is 0 Å². The molecule has 3 aromatic carbocycles. The van der Waals surface area contributed by atoms with Crippen molar-refractivity contribution in [2.75, 3.05) is 49.6 Å². The zero-order valence-corrected chi connectivity index (χ0v) is 23.7. The Kier molecular flexibility index (Phi) is 8.82. The molecule has 0 radical (unpaired) electrons. The van der Waals surface area contributed by atoms with Crippen molar-refractivity contribution in [1.29, 1.82) is 0 Å². The third kappa shape index (κ3) is 6.53. The molecule has 0 unspecified atom stereocenters. The van der Waals surface area contributed by atoms with E-state index in [9.17, 15) is 21.6 Å². The molecular weight excluding hydrogens is 566 g/mol. The lowest BCUT2D eigenvalue weighted by molar-refractivity contribution is -0.114. The number of benzene rings is 3. The van der Waals surface area contributed by atoms with Crippen LogP contribution in [0, 0.1) is 6.92 Å². The molecule has 1 aliphatic heterocycles. The van der Waals surface area contributed by atoms with Crippen LogP contribution in [0.4, 0.5) is 11.4 Å². The number of amides is 1. The van der Waals surface area contributed by atoms with E-state index in [1.807, 2.05) is 6.92 Å². The van der Waals surface area contributed by atoms with E-state index in [0.717, 1.165) is 9.87 Å². The quantitative estimate of drug-likeness (QED) is 0.403. The van der Waals surface area contributed by atoms with E-state index in [4.69, 9.17) is 21.1 Å². The number of nitrogens with one attached hydrogen (secondary N) is 1. The Morgan fingerprint density at radius 3 is 2.31 bits per heavy atom. The van der Waals surface area contributed by atoms with Crippen LogP contribution < -0.4 is 14.4 Å². The first kappa shape index (κ1) is 28.8. The Balaban J connectivity index is 1.65. The van der Waals surface area contributed by atoms with Crippen LogP contribution in [0.5, 0.6) is 5.75 Å². The summed E-state index contributed by atoms with van der Waals surface area (Å²) in [5, 5.41) is 2.91. The highest BCUT2D eigenvalue weighted by Gasteiger charge is 2.29. The van der Waals surface area contributed by atoms with Gasteiger partial charge in [0.1, 0.15) is 12.3 Å². The van der Waals surface area contributed by atoms with E-state index < -0.39 is 32.5 Å². The maximum atomic E-state index is 13.6. The van der Waals surface area contributed by atoms with Crippen LogP contribution in [0.1, 0.15) is 5.56 Å². The monoisotopic (exact) mass is 593 g/mol. The molecule has 1 heterocycles. The number of sulfonamides is 2. The largest absolute Gasteiger partial charge is 0.495 e. The van der Waals surface area contributed by atoms with Gasteiger partial charge in [-0.05, 0) is 55.5 Å². The molecule has 0 spiro atoms. The van der Waals surface area contributed by atoms with Crippen LogP contribution in [0.25, 0.3) is 0 Å². The van der Waals surface area contributed by atoms with Crippen LogP contribution >= 0.6 is 11.6 Å². The second-order valence-corrected chi connectivity index (χ2v) is 13.0. The van der Waals surface area contributed by atoms with Gasteiger partial charge in [-0.3, -0.25) is 9.10 Å². The van der Waals surface area contributed by atoms with Gasteiger partial charge in [-0.2, -0.15) is 4.31 Å². The van der Waals surface area contributed by atoms with Crippen LogP contribution in [0.3, 0.4) is 0 Å². The summed E-state index contributed by atoms with van der Waals surface area (Å²) in [6.07, 6.45) is 0. The maximum absolute atomic E-state index is 13.6. The first-order valence-electron chi connectivity index (χ1n) is 11.9. The zero-order valence-electron chi connectivity index (χ0n) is 21.3. The zero-order chi connectivity index (χ0) is 28.2. The number of carbonyl (C=O) groups excluding carboxylic acids is 1. The molecule has 1 N–H and O–H groups in total. The van der Waals surface area contributed by atoms with Crippen LogP contribution in [0.15, 0.2) is 76.5 Å². The summed E-state index contributed by atoms with van der Waals surface area (Å²) in [5.74, 6) is -0.509. The van der Waals surface area contributed by atoms with Gasteiger partial charge < -0.3 is 14.8 Å². The molecule has 1 fully saturated rings. The van der Waals surface area contributed by atoms with E-state index >= 15 is 0 Å². The molecule has 0 aliphatic carbocycles. The number of rotatable bonds is 9. The fourth-order valence-electron chi connectivity index (χ4n) is 3.99. The predicted octanol–water partition coefficient (Wildman–Crippen LogP) is 3.51. The number of halogens is 1. The fraction of sp³-hybridized carbons (Fsp3) is 0.269.